The monoisotopic (exact) mass is 283 g/mol. The van der Waals surface area contributed by atoms with Crippen molar-refractivity contribution in [1.82, 2.24) is 20.4 Å². The van der Waals surface area contributed by atoms with E-state index >= 15 is 0 Å². The van der Waals surface area contributed by atoms with Crippen LogP contribution in [0.1, 0.15) is 12.6 Å². The highest BCUT2D eigenvalue weighted by Crippen LogP contribution is 2.36. The van der Waals surface area contributed by atoms with E-state index in [1.807, 2.05) is 38.1 Å². The third-order valence-corrected chi connectivity index (χ3v) is 3.35. The van der Waals surface area contributed by atoms with Crippen LogP contribution in [-0.2, 0) is 0 Å². The summed E-state index contributed by atoms with van der Waals surface area (Å²) in [6, 6.07) is 7.81. The lowest BCUT2D eigenvalue weighted by molar-refractivity contribution is 0.340. The van der Waals surface area contributed by atoms with Crippen molar-refractivity contribution in [2.75, 3.05) is 12.3 Å². The van der Waals surface area contributed by atoms with Gasteiger partial charge in [-0.2, -0.15) is 10.2 Å². The number of benzene rings is 1. The predicted molar refractivity (Wildman–Crippen MR) is 81.9 cm³/mol. The molecular formula is C15H17N5O. The highest BCUT2D eigenvalue weighted by Gasteiger charge is 2.17. The molecule has 2 heterocycles. The van der Waals surface area contributed by atoms with Crippen molar-refractivity contribution in [2.45, 2.75) is 13.8 Å². The maximum absolute atomic E-state index is 6.02. The Bertz CT molecular complexity index is 742. The van der Waals surface area contributed by atoms with E-state index in [0.717, 1.165) is 33.8 Å². The van der Waals surface area contributed by atoms with Crippen LogP contribution in [-0.4, -0.2) is 27.0 Å². The van der Waals surface area contributed by atoms with Crippen molar-refractivity contribution in [3.63, 3.8) is 0 Å². The highest BCUT2D eigenvalue weighted by molar-refractivity contribution is 5.88. The van der Waals surface area contributed by atoms with Crippen molar-refractivity contribution in [3.05, 3.63) is 36.2 Å². The lowest BCUT2D eigenvalue weighted by Gasteiger charge is -2.06. The molecule has 108 valence electrons. The molecule has 0 unspecified atom stereocenters. The minimum atomic E-state index is 0.467. The smallest absolute Gasteiger partial charge is 0.153 e. The summed E-state index contributed by atoms with van der Waals surface area (Å²) in [5, 5.41) is 14.1. The topological polar surface area (TPSA) is 92.6 Å². The van der Waals surface area contributed by atoms with Crippen molar-refractivity contribution in [3.8, 4) is 28.1 Å². The van der Waals surface area contributed by atoms with Crippen LogP contribution in [0.2, 0.25) is 0 Å². The number of nitrogens with one attached hydrogen (secondary N) is 2. The first-order valence-corrected chi connectivity index (χ1v) is 6.78. The summed E-state index contributed by atoms with van der Waals surface area (Å²) < 4.78 is 5.46. The number of ether oxygens (including phenoxy) is 1. The van der Waals surface area contributed by atoms with Crippen LogP contribution in [0.15, 0.2) is 30.5 Å². The number of aryl methyl sites for hydroxylation is 1. The number of anilines is 1. The minimum Gasteiger partial charge on any atom is -0.494 e. The Balaban J connectivity index is 2.06. The largest absolute Gasteiger partial charge is 0.494 e. The number of aromatic amines is 2. The third-order valence-electron chi connectivity index (χ3n) is 3.35. The number of hydrogen-bond donors (Lipinski definition) is 3. The number of hydrogen-bond acceptors (Lipinski definition) is 4. The number of nitrogen functional groups attached to an aromatic ring is 1. The van der Waals surface area contributed by atoms with Gasteiger partial charge in [0, 0.05) is 11.3 Å². The molecule has 0 aliphatic rings. The molecule has 3 aromatic rings. The van der Waals surface area contributed by atoms with Gasteiger partial charge in [-0.15, -0.1) is 0 Å². The molecule has 6 nitrogen and oxygen atoms in total. The summed E-state index contributed by atoms with van der Waals surface area (Å²) in [5.41, 5.74) is 10.7. The molecule has 2 aromatic heterocycles. The van der Waals surface area contributed by atoms with Gasteiger partial charge in [-0.1, -0.05) is 12.1 Å². The average molecular weight is 283 g/mol. The van der Waals surface area contributed by atoms with Crippen molar-refractivity contribution < 1.29 is 4.74 Å². The molecule has 4 N–H and O–H groups in total. The van der Waals surface area contributed by atoms with E-state index in [1.165, 1.54) is 0 Å². The van der Waals surface area contributed by atoms with E-state index in [9.17, 15) is 0 Å². The van der Waals surface area contributed by atoms with Crippen LogP contribution in [0.25, 0.3) is 22.4 Å². The van der Waals surface area contributed by atoms with E-state index in [0.29, 0.717) is 12.4 Å². The van der Waals surface area contributed by atoms with Crippen LogP contribution in [0.3, 0.4) is 0 Å². The van der Waals surface area contributed by atoms with Gasteiger partial charge >= 0.3 is 0 Å². The first kappa shape index (κ1) is 13.2. The number of nitrogens with zero attached hydrogens (tertiary/aromatic N) is 2. The molecular weight excluding hydrogens is 266 g/mol. The summed E-state index contributed by atoms with van der Waals surface area (Å²) in [5.74, 6) is 1.30. The second-order valence-corrected chi connectivity index (χ2v) is 4.72. The molecule has 0 amide bonds. The molecule has 0 radical (unpaired) electrons. The van der Waals surface area contributed by atoms with Gasteiger partial charge in [-0.3, -0.25) is 10.2 Å². The first-order chi connectivity index (χ1) is 10.2. The maximum atomic E-state index is 6.02. The Labute approximate surface area is 122 Å². The van der Waals surface area contributed by atoms with E-state index in [-0.39, 0.29) is 0 Å². The highest BCUT2D eigenvalue weighted by atomic mass is 16.5. The van der Waals surface area contributed by atoms with E-state index in [1.54, 1.807) is 6.20 Å². The van der Waals surface area contributed by atoms with Crippen LogP contribution >= 0.6 is 0 Å². The van der Waals surface area contributed by atoms with Gasteiger partial charge in [-0.05, 0) is 31.5 Å². The molecule has 1 aromatic carbocycles. The average Bonchev–Trinajstić information content (AvgIpc) is 3.06. The van der Waals surface area contributed by atoms with Gasteiger partial charge in [0.15, 0.2) is 5.82 Å². The molecule has 0 aliphatic heterocycles. The summed E-state index contributed by atoms with van der Waals surface area (Å²) in [6.45, 7) is 4.57. The predicted octanol–water partition coefficient (Wildman–Crippen LogP) is 2.76. The maximum Gasteiger partial charge on any atom is 0.153 e. The second-order valence-electron chi connectivity index (χ2n) is 4.72. The van der Waals surface area contributed by atoms with Gasteiger partial charge in [0.1, 0.15) is 5.75 Å². The fourth-order valence-electron chi connectivity index (χ4n) is 2.33. The zero-order valence-electron chi connectivity index (χ0n) is 12.0. The van der Waals surface area contributed by atoms with Crippen LogP contribution in [0.5, 0.6) is 5.75 Å². The van der Waals surface area contributed by atoms with E-state index in [4.69, 9.17) is 10.5 Å². The molecule has 0 saturated heterocycles. The van der Waals surface area contributed by atoms with Gasteiger partial charge in [0.2, 0.25) is 0 Å². The van der Waals surface area contributed by atoms with Crippen LogP contribution in [0, 0.1) is 6.92 Å². The quantitative estimate of drug-likeness (QED) is 0.686. The Hall–Kier alpha value is -2.76. The molecule has 0 saturated carbocycles. The Morgan fingerprint density at radius 1 is 1.19 bits per heavy atom. The molecule has 0 fully saturated rings. The number of nitrogens with two attached hydrogens (primary N) is 1. The van der Waals surface area contributed by atoms with E-state index in [2.05, 4.69) is 20.4 Å². The van der Waals surface area contributed by atoms with Crippen LogP contribution in [0.4, 0.5) is 5.82 Å². The van der Waals surface area contributed by atoms with E-state index < -0.39 is 0 Å². The van der Waals surface area contributed by atoms with Crippen LogP contribution < -0.4 is 10.5 Å². The molecule has 0 aliphatic carbocycles. The second kappa shape index (κ2) is 5.32. The summed E-state index contributed by atoms with van der Waals surface area (Å²) in [6.07, 6.45) is 1.76. The molecule has 0 atom stereocenters. The zero-order chi connectivity index (χ0) is 14.8. The number of aromatic nitrogens is 4. The summed E-state index contributed by atoms with van der Waals surface area (Å²) in [4.78, 5) is 0. The summed E-state index contributed by atoms with van der Waals surface area (Å²) in [7, 11) is 0. The Morgan fingerprint density at radius 3 is 2.57 bits per heavy atom. The zero-order valence-corrected chi connectivity index (χ0v) is 12.0. The minimum absolute atomic E-state index is 0.467. The van der Waals surface area contributed by atoms with Crippen molar-refractivity contribution in [1.29, 1.82) is 0 Å². The lowest BCUT2D eigenvalue weighted by Crippen LogP contribution is -1.92. The van der Waals surface area contributed by atoms with Gasteiger partial charge in [0.05, 0.1) is 24.1 Å². The molecule has 6 heteroatoms. The number of rotatable bonds is 4. The van der Waals surface area contributed by atoms with Gasteiger partial charge in [0.25, 0.3) is 0 Å². The summed E-state index contributed by atoms with van der Waals surface area (Å²) >= 11 is 0. The van der Waals surface area contributed by atoms with Crippen molar-refractivity contribution in [2.24, 2.45) is 0 Å². The fraction of sp³-hybridized carbons (Fsp3) is 0.200. The van der Waals surface area contributed by atoms with Crippen molar-refractivity contribution >= 4 is 5.82 Å². The normalized spacial score (nSPS) is 10.8. The third kappa shape index (κ3) is 2.35. The lowest BCUT2D eigenvalue weighted by atomic mass is 10.0. The molecule has 3 rings (SSSR count). The first-order valence-electron chi connectivity index (χ1n) is 6.78. The molecule has 21 heavy (non-hydrogen) atoms. The molecule has 0 spiro atoms. The Morgan fingerprint density at radius 2 is 1.95 bits per heavy atom. The molecule has 0 bridgehead atoms. The number of H-pyrrole nitrogens is 2. The standard InChI is InChI=1S/C15H17N5O/c1-3-21-11-6-4-10(5-7-11)13-14(19-20-15(13)16)12-8-17-18-9(12)2/h4-8H,3H2,1-2H3,(H,17,18)(H3,16,19,20). The van der Waals surface area contributed by atoms with Gasteiger partial charge < -0.3 is 10.5 Å². The Kier molecular flexibility index (Phi) is 3.35. The van der Waals surface area contributed by atoms with Gasteiger partial charge in [-0.25, -0.2) is 0 Å². The SMILES string of the molecule is CCOc1ccc(-c2c(N)n[nH]c2-c2cn[nH]c2C)cc1. The fourth-order valence-corrected chi connectivity index (χ4v) is 2.33.